The van der Waals surface area contributed by atoms with Gasteiger partial charge in [-0.3, -0.25) is 35.1 Å². The van der Waals surface area contributed by atoms with Crippen molar-refractivity contribution in [2.75, 3.05) is 0 Å². The second-order valence-electron chi connectivity index (χ2n) is 5.83. The highest BCUT2D eigenvalue weighted by Crippen LogP contribution is 2.13. The largest absolute Gasteiger partial charge is 0.330 e. The minimum atomic E-state index is -0.692. The number of aryl methyl sites for hydroxylation is 1. The van der Waals surface area contributed by atoms with E-state index in [2.05, 4.69) is 15.8 Å². The smallest absolute Gasteiger partial charge is 0.312 e. The van der Waals surface area contributed by atoms with Crippen molar-refractivity contribution in [3.63, 3.8) is 0 Å². The van der Waals surface area contributed by atoms with Crippen LogP contribution >= 0.6 is 0 Å². The number of imidazole rings is 1. The maximum Gasteiger partial charge on any atom is 0.330 e. The lowest BCUT2D eigenvalue weighted by Gasteiger charge is -2.09. The lowest BCUT2D eigenvalue weighted by molar-refractivity contribution is -0.384. The molecule has 0 unspecified atom stereocenters. The van der Waals surface area contributed by atoms with Crippen LogP contribution in [0.2, 0.25) is 0 Å². The molecular weight excluding hydrogens is 366 g/mol. The van der Waals surface area contributed by atoms with E-state index in [9.17, 15) is 24.5 Å². The quantitative estimate of drug-likeness (QED) is 0.464. The highest BCUT2D eigenvalue weighted by Gasteiger charge is 2.13. The first-order valence-corrected chi connectivity index (χ1v) is 8.09. The van der Waals surface area contributed by atoms with Crippen molar-refractivity contribution in [2.45, 2.75) is 6.92 Å². The average Bonchev–Trinajstić information content (AvgIpc) is 3.04. The summed E-state index contributed by atoms with van der Waals surface area (Å²) in [6, 6.07) is 11.3. The van der Waals surface area contributed by atoms with Gasteiger partial charge in [-0.05, 0) is 37.3 Å². The third-order valence-electron chi connectivity index (χ3n) is 3.96. The summed E-state index contributed by atoms with van der Waals surface area (Å²) in [5, 5.41) is 10.8. The van der Waals surface area contributed by atoms with Gasteiger partial charge >= 0.3 is 5.69 Å². The molecule has 2 aromatic carbocycles. The Morgan fingerprint density at radius 3 is 2.25 bits per heavy atom. The number of hydrogen-bond donors (Lipinski definition) is 3. The minimum absolute atomic E-state index is 0.0344. The molecule has 0 saturated heterocycles. The van der Waals surface area contributed by atoms with Crippen LogP contribution in [0.25, 0.3) is 5.69 Å². The zero-order chi connectivity index (χ0) is 20.3. The summed E-state index contributed by atoms with van der Waals surface area (Å²) in [5.41, 5.74) is 5.50. The Bertz CT molecular complexity index is 1110. The zero-order valence-corrected chi connectivity index (χ0v) is 14.6. The summed E-state index contributed by atoms with van der Waals surface area (Å²) in [7, 11) is 0. The van der Waals surface area contributed by atoms with E-state index in [0.717, 1.165) is 6.07 Å². The van der Waals surface area contributed by atoms with Crippen LogP contribution in [0.3, 0.4) is 0 Å². The second-order valence-corrected chi connectivity index (χ2v) is 5.83. The highest BCUT2D eigenvalue weighted by atomic mass is 16.6. The van der Waals surface area contributed by atoms with Gasteiger partial charge in [0.2, 0.25) is 0 Å². The lowest BCUT2D eigenvalue weighted by Crippen LogP contribution is -2.41. The summed E-state index contributed by atoms with van der Waals surface area (Å²) in [6.07, 6.45) is 1.58. The van der Waals surface area contributed by atoms with E-state index in [1.807, 2.05) is 0 Å². The van der Waals surface area contributed by atoms with Crippen molar-refractivity contribution in [2.24, 2.45) is 0 Å². The normalized spacial score (nSPS) is 10.3. The van der Waals surface area contributed by atoms with Crippen LogP contribution in [0.5, 0.6) is 0 Å². The number of aromatic nitrogens is 2. The Morgan fingerprint density at radius 2 is 1.68 bits per heavy atom. The zero-order valence-electron chi connectivity index (χ0n) is 14.6. The van der Waals surface area contributed by atoms with E-state index >= 15 is 0 Å². The number of non-ortho nitro benzene ring substituents is 1. The summed E-state index contributed by atoms with van der Waals surface area (Å²) in [6.45, 7) is 1.77. The first kappa shape index (κ1) is 18.6. The summed E-state index contributed by atoms with van der Waals surface area (Å²) >= 11 is 0. The maximum atomic E-state index is 12.2. The molecule has 1 aromatic heterocycles. The molecule has 3 N–H and O–H groups in total. The van der Waals surface area contributed by atoms with E-state index < -0.39 is 16.7 Å². The van der Waals surface area contributed by atoms with Gasteiger partial charge < -0.3 is 4.98 Å². The van der Waals surface area contributed by atoms with E-state index in [1.165, 1.54) is 34.9 Å². The van der Waals surface area contributed by atoms with Crippen LogP contribution in [-0.2, 0) is 0 Å². The number of hydrazine groups is 1. The molecule has 3 rings (SSSR count). The molecule has 0 bridgehead atoms. The lowest BCUT2D eigenvalue weighted by atomic mass is 10.2. The monoisotopic (exact) mass is 381 g/mol. The van der Waals surface area contributed by atoms with Gasteiger partial charge in [0.25, 0.3) is 17.5 Å². The van der Waals surface area contributed by atoms with Crippen molar-refractivity contribution in [3.8, 4) is 5.69 Å². The van der Waals surface area contributed by atoms with E-state index in [-0.39, 0.29) is 22.5 Å². The molecule has 10 nitrogen and oxygen atoms in total. The number of rotatable bonds is 4. The number of nitro benzene ring substituents is 1. The van der Waals surface area contributed by atoms with Gasteiger partial charge in [0.05, 0.1) is 10.6 Å². The number of H-pyrrole nitrogens is 1. The standard InChI is InChI=1S/C18H15N5O5/c1-11-10-19-18(26)22(11)14-7-5-12(6-8-14)16(24)20-21-17(25)13-3-2-4-15(9-13)23(27)28/h2-10H,1H3,(H,19,26)(H,20,24)(H,21,25). The van der Waals surface area contributed by atoms with Gasteiger partial charge in [0.15, 0.2) is 0 Å². The molecule has 0 atom stereocenters. The van der Waals surface area contributed by atoms with Crippen LogP contribution in [0.4, 0.5) is 5.69 Å². The molecule has 0 radical (unpaired) electrons. The summed E-state index contributed by atoms with van der Waals surface area (Å²) < 4.78 is 1.45. The number of nitrogens with zero attached hydrogens (tertiary/aromatic N) is 2. The van der Waals surface area contributed by atoms with E-state index in [0.29, 0.717) is 11.4 Å². The van der Waals surface area contributed by atoms with Crippen LogP contribution in [0, 0.1) is 17.0 Å². The molecular formula is C18H15N5O5. The molecule has 0 aliphatic rings. The predicted molar refractivity (Wildman–Crippen MR) is 99.2 cm³/mol. The minimum Gasteiger partial charge on any atom is -0.312 e. The number of nitrogens with one attached hydrogen (secondary N) is 3. The topological polar surface area (TPSA) is 139 Å². The molecule has 1 heterocycles. The van der Waals surface area contributed by atoms with Crippen LogP contribution in [-0.4, -0.2) is 26.3 Å². The predicted octanol–water partition coefficient (Wildman–Crippen LogP) is 1.46. The first-order valence-electron chi connectivity index (χ1n) is 8.09. The van der Waals surface area contributed by atoms with Crippen molar-refractivity contribution in [3.05, 3.63) is 92.1 Å². The number of aromatic amines is 1. The summed E-state index contributed by atoms with van der Waals surface area (Å²) in [5.74, 6) is -1.27. The molecule has 0 aliphatic carbocycles. The fourth-order valence-electron chi connectivity index (χ4n) is 2.56. The molecule has 10 heteroatoms. The average molecular weight is 381 g/mol. The van der Waals surface area contributed by atoms with Crippen LogP contribution < -0.4 is 16.5 Å². The van der Waals surface area contributed by atoms with Gasteiger partial charge in [-0.1, -0.05) is 6.07 Å². The molecule has 28 heavy (non-hydrogen) atoms. The molecule has 0 spiro atoms. The maximum absolute atomic E-state index is 12.2. The summed E-state index contributed by atoms with van der Waals surface area (Å²) in [4.78, 5) is 48.7. The van der Waals surface area contributed by atoms with Crippen molar-refractivity contribution in [1.82, 2.24) is 20.4 Å². The molecule has 3 aromatic rings. The second kappa shape index (κ2) is 7.58. The molecule has 0 aliphatic heterocycles. The van der Waals surface area contributed by atoms with Crippen LogP contribution in [0.15, 0.2) is 59.5 Å². The molecule has 0 fully saturated rings. The van der Waals surface area contributed by atoms with Crippen molar-refractivity contribution >= 4 is 17.5 Å². The van der Waals surface area contributed by atoms with Gasteiger partial charge in [0.1, 0.15) is 0 Å². The van der Waals surface area contributed by atoms with Crippen molar-refractivity contribution in [1.29, 1.82) is 0 Å². The SMILES string of the molecule is Cc1c[nH]c(=O)n1-c1ccc(C(=O)NNC(=O)c2cccc([N+](=O)[O-])c2)cc1. The molecule has 0 saturated carbocycles. The Morgan fingerprint density at radius 1 is 1.04 bits per heavy atom. The van der Waals surface area contributed by atoms with Gasteiger partial charge in [0, 0.05) is 35.2 Å². The Hall–Kier alpha value is -4.21. The fraction of sp³-hybridized carbons (Fsp3) is 0.0556. The first-order chi connectivity index (χ1) is 13.4. The number of benzene rings is 2. The molecule has 142 valence electrons. The van der Waals surface area contributed by atoms with Gasteiger partial charge in [-0.25, -0.2) is 4.79 Å². The number of carbonyl (C=O) groups excluding carboxylic acids is 2. The van der Waals surface area contributed by atoms with Gasteiger partial charge in [-0.2, -0.15) is 0 Å². The van der Waals surface area contributed by atoms with Gasteiger partial charge in [-0.15, -0.1) is 0 Å². The Balaban J connectivity index is 1.67. The Labute approximate surface area is 157 Å². The van der Waals surface area contributed by atoms with E-state index in [4.69, 9.17) is 0 Å². The Kier molecular flexibility index (Phi) is 5.03. The van der Waals surface area contributed by atoms with Crippen LogP contribution in [0.1, 0.15) is 26.4 Å². The molecule has 2 amide bonds. The fourth-order valence-corrected chi connectivity index (χ4v) is 2.56. The van der Waals surface area contributed by atoms with E-state index in [1.54, 1.807) is 25.3 Å². The number of amides is 2. The highest BCUT2D eigenvalue weighted by molar-refractivity contribution is 5.99. The third kappa shape index (κ3) is 3.80. The third-order valence-corrected chi connectivity index (χ3v) is 3.96. The number of nitro groups is 1. The number of hydrogen-bond acceptors (Lipinski definition) is 5. The van der Waals surface area contributed by atoms with Crippen molar-refractivity contribution < 1.29 is 14.5 Å². The number of carbonyl (C=O) groups is 2.